The topological polar surface area (TPSA) is 57.5 Å². The molecule has 1 aliphatic heterocycles. The first kappa shape index (κ1) is 10.5. The van der Waals surface area contributed by atoms with Crippen molar-refractivity contribution in [2.24, 2.45) is 0 Å². The zero-order valence-corrected chi connectivity index (χ0v) is 8.07. The molecule has 4 heteroatoms. The van der Waals surface area contributed by atoms with Gasteiger partial charge in [0, 0.05) is 6.42 Å². The van der Waals surface area contributed by atoms with Crippen molar-refractivity contribution in [2.75, 3.05) is 26.7 Å². The highest BCUT2D eigenvalue weighted by molar-refractivity contribution is 5.67. The third-order valence-corrected chi connectivity index (χ3v) is 3.05. The van der Waals surface area contributed by atoms with Crippen LogP contribution in [-0.4, -0.2) is 53.5 Å². The van der Waals surface area contributed by atoms with E-state index in [1.54, 1.807) is 0 Å². The highest BCUT2D eigenvalue weighted by atomic mass is 16.4. The van der Waals surface area contributed by atoms with Crippen molar-refractivity contribution in [3.8, 4) is 0 Å². The molecule has 0 aromatic heterocycles. The van der Waals surface area contributed by atoms with Gasteiger partial charge in [-0.25, -0.2) is 4.79 Å². The van der Waals surface area contributed by atoms with Gasteiger partial charge in [0.2, 0.25) is 0 Å². The number of carboxylic acid groups (broad SMARTS) is 1. The number of carboxylic acids is 1. The van der Waals surface area contributed by atoms with E-state index in [-0.39, 0.29) is 19.2 Å². The maximum Gasteiger partial charge on any atom is 0.359 e. The molecule has 2 N–H and O–H groups in total. The van der Waals surface area contributed by atoms with E-state index in [0.29, 0.717) is 4.48 Å². The van der Waals surface area contributed by atoms with Gasteiger partial charge in [0.15, 0.2) is 6.54 Å². The van der Waals surface area contributed by atoms with E-state index in [0.717, 1.165) is 25.8 Å². The number of piperidine rings is 1. The maximum atomic E-state index is 10.6. The number of hydrogen-bond donors (Lipinski definition) is 2. The molecule has 13 heavy (non-hydrogen) atoms. The summed E-state index contributed by atoms with van der Waals surface area (Å²) in [5, 5.41) is 17.9. The first-order valence-electron chi connectivity index (χ1n) is 4.75. The summed E-state index contributed by atoms with van der Waals surface area (Å²) >= 11 is 0. The van der Waals surface area contributed by atoms with Crippen LogP contribution in [0.4, 0.5) is 0 Å². The Bertz CT molecular complexity index is 195. The van der Waals surface area contributed by atoms with Crippen LogP contribution in [-0.2, 0) is 4.79 Å². The number of likely N-dealkylation sites (tertiary alicyclic amines) is 1. The minimum atomic E-state index is -0.775. The van der Waals surface area contributed by atoms with E-state index in [1.165, 1.54) is 0 Å². The van der Waals surface area contributed by atoms with Crippen LogP contribution in [0.1, 0.15) is 19.3 Å². The lowest BCUT2D eigenvalue weighted by atomic mass is 10.00. The summed E-state index contributed by atoms with van der Waals surface area (Å²) in [6.07, 6.45) is 3.12. The standard InChI is InChI=1S/C9H17NO3/c1-10(6-9(12)13)5-3-2-4-8(10)7-11/h8,11H,2-7H2,1H3/p+1. The third-order valence-electron chi connectivity index (χ3n) is 3.05. The molecule has 1 fully saturated rings. The first-order valence-corrected chi connectivity index (χ1v) is 4.75. The summed E-state index contributed by atoms with van der Waals surface area (Å²) in [6, 6.07) is 0.116. The average molecular weight is 188 g/mol. The van der Waals surface area contributed by atoms with Gasteiger partial charge in [-0.15, -0.1) is 0 Å². The fraction of sp³-hybridized carbons (Fsp3) is 0.889. The summed E-state index contributed by atoms with van der Waals surface area (Å²) in [4.78, 5) is 10.6. The largest absolute Gasteiger partial charge is 0.477 e. The molecule has 2 atom stereocenters. The van der Waals surface area contributed by atoms with Gasteiger partial charge in [-0.05, 0) is 12.8 Å². The van der Waals surface area contributed by atoms with E-state index in [2.05, 4.69) is 0 Å². The summed E-state index contributed by atoms with van der Waals surface area (Å²) in [7, 11) is 1.92. The highest BCUT2D eigenvalue weighted by Crippen LogP contribution is 2.22. The molecule has 0 aromatic rings. The van der Waals surface area contributed by atoms with Crippen LogP contribution in [0.3, 0.4) is 0 Å². The van der Waals surface area contributed by atoms with Crippen LogP contribution in [0.15, 0.2) is 0 Å². The lowest BCUT2D eigenvalue weighted by molar-refractivity contribution is -0.932. The monoisotopic (exact) mass is 188 g/mol. The van der Waals surface area contributed by atoms with Gasteiger partial charge >= 0.3 is 5.97 Å². The van der Waals surface area contributed by atoms with Crippen molar-refractivity contribution in [2.45, 2.75) is 25.3 Å². The number of nitrogens with zero attached hydrogens (tertiary/aromatic N) is 1. The molecule has 0 spiro atoms. The normalized spacial score (nSPS) is 34.5. The van der Waals surface area contributed by atoms with Gasteiger partial charge in [-0.2, -0.15) is 0 Å². The lowest BCUT2D eigenvalue weighted by Crippen LogP contribution is -2.58. The van der Waals surface area contributed by atoms with Gasteiger partial charge in [0.05, 0.1) is 20.2 Å². The van der Waals surface area contributed by atoms with Crippen LogP contribution in [0, 0.1) is 0 Å². The molecular weight excluding hydrogens is 170 g/mol. The van der Waals surface area contributed by atoms with E-state index in [9.17, 15) is 4.79 Å². The SMILES string of the molecule is C[N+]1(CC(=O)O)CCCCC1CO. The van der Waals surface area contributed by atoms with Crippen LogP contribution < -0.4 is 0 Å². The molecule has 1 rings (SSSR count). The molecule has 1 heterocycles. The Kier molecular flexibility index (Phi) is 3.27. The van der Waals surface area contributed by atoms with E-state index >= 15 is 0 Å². The van der Waals surface area contributed by atoms with Gasteiger partial charge < -0.3 is 14.7 Å². The van der Waals surface area contributed by atoms with Crippen molar-refractivity contribution >= 4 is 5.97 Å². The number of aliphatic carboxylic acids is 1. The zero-order valence-electron chi connectivity index (χ0n) is 8.07. The summed E-state index contributed by atoms with van der Waals surface area (Å²) in [6.45, 7) is 1.10. The summed E-state index contributed by atoms with van der Waals surface area (Å²) in [5.74, 6) is -0.775. The lowest BCUT2D eigenvalue weighted by Gasteiger charge is -2.42. The Labute approximate surface area is 78.4 Å². The van der Waals surface area contributed by atoms with Crippen molar-refractivity contribution < 1.29 is 19.5 Å². The smallest absolute Gasteiger partial charge is 0.359 e. The number of likely N-dealkylation sites (N-methyl/N-ethyl adjacent to an activating group) is 1. The van der Waals surface area contributed by atoms with E-state index in [4.69, 9.17) is 10.2 Å². The van der Waals surface area contributed by atoms with E-state index < -0.39 is 5.97 Å². The molecule has 4 nitrogen and oxygen atoms in total. The van der Waals surface area contributed by atoms with Crippen molar-refractivity contribution in [3.63, 3.8) is 0 Å². The number of rotatable bonds is 3. The second-order valence-corrected chi connectivity index (χ2v) is 4.09. The Balaban J connectivity index is 2.64. The molecule has 76 valence electrons. The highest BCUT2D eigenvalue weighted by Gasteiger charge is 2.36. The Morgan fingerprint density at radius 3 is 2.77 bits per heavy atom. The quantitative estimate of drug-likeness (QED) is 0.616. The van der Waals surface area contributed by atoms with Gasteiger partial charge in [-0.3, -0.25) is 0 Å². The maximum absolute atomic E-state index is 10.6. The molecule has 0 amide bonds. The second kappa shape index (κ2) is 4.07. The van der Waals surface area contributed by atoms with Crippen LogP contribution in [0.2, 0.25) is 0 Å². The van der Waals surface area contributed by atoms with Crippen LogP contribution in [0.5, 0.6) is 0 Å². The molecule has 0 aliphatic carbocycles. The van der Waals surface area contributed by atoms with Crippen LogP contribution >= 0.6 is 0 Å². The van der Waals surface area contributed by atoms with Gasteiger partial charge in [0.1, 0.15) is 6.04 Å². The Hall–Kier alpha value is -0.610. The first-order chi connectivity index (χ1) is 6.08. The number of aliphatic hydroxyl groups is 1. The van der Waals surface area contributed by atoms with Crippen LogP contribution in [0.25, 0.3) is 0 Å². The molecule has 0 aromatic carbocycles. The van der Waals surface area contributed by atoms with Gasteiger partial charge in [-0.1, -0.05) is 0 Å². The second-order valence-electron chi connectivity index (χ2n) is 4.09. The molecule has 1 saturated heterocycles. The summed E-state index contributed by atoms with van der Waals surface area (Å²) < 4.78 is 0.492. The Morgan fingerprint density at radius 1 is 1.54 bits per heavy atom. The molecule has 1 aliphatic rings. The summed E-state index contributed by atoms with van der Waals surface area (Å²) in [5.41, 5.74) is 0. The predicted octanol–water partition coefficient (Wildman–Crippen LogP) is 0.0624. The van der Waals surface area contributed by atoms with Crippen molar-refractivity contribution in [1.82, 2.24) is 0 Å². The zero-order chi connectivity index (χ0) is 9.90. The minimum Gasteiger partial charge on any atom is -0.477 e. The molecule has 2 unspecified atom stereocenters. The molecule has 0 radical (unpaired) electrons. The molecule has 0 bridgehead atoms. The number of carbonyl (C=O) groups is 1. The Morgan fingerprint density at radius 2 is 2.23 bits per heavy atom. The minimum absolute atomic E-state index is 0.101. The fourth-order valence-corrected chi connectivity index (χ4v) is 2.15. The number of aliphatic hydroxyl groups excluding tert-OH is 1. The molecular formula is C9H18NO3+. The predicted molar refractivity (Wildman–Crippen MR) is 48.3 cm³/mol. The number of quaternary nitrogens is 1. The van der Waals surface area contributed by atoms with Gasteiger partial charge in [0.25, 0.3) is 0 Å². The van der Waals surface area contributed by atoms with E-state index in [1.807, 2.05) is 7.05 Å². The average Bonchev–Trinajstić information content (AvgIpc) is 2.03. The molecule has 0 saturated carbocycles. The number of hydrogen-bond acceptors (Lipinski definition) is 2. The fourth-order valence-electron chi connectivity index (χ4n) is 2.15. The van der Waals surface area contributed by atoms with Crippen molar-refractivity contribution in [1.29, 1.82) is 0 Å². The van der Waals surface area contributed by atoms with Crippen molar-refractivity contribution in [3.05, 3.63) is 0 Å². The third kappa shape index (κ3) is 2.42.